The quantitative estimate of drug-likeness (QED) is 0.227. The second-order valence-electron chi connectivity index (χ2n) is 12.0. The average Bonchev–Trinajstić information content (AvgIpc) is 3.70. The summed E-state index contributed by atoms with van der Waals surface area (Å²) in [5, 5.41) is 27.3. The molecule has 2 aliphatic carbocycles. The Labute approximate surface area is 268 Å². The number of aromatic nitrogens is 3. The largest absolute Gasteiger partial charge is 0.383 e. The molecule has 0 saturated heterocycles. The zero-order valence-electron chi connectivity index (χ0n) is 24.3. The highest BCUT2D eigenvalue weighted by Gasteiger charge is 2.52. The smallest absolute Gasteiger partial charge is 0.273 e. The summed E-state index contributed by atoms with van der Waals surface area (Å²) in [4.78, 5) is 16.7. The molecule has 4 heterocycles. The van der Waals surface area contributed by atoms with Gasteiger partial charge in [-0.1, -0.05) is 53.2 Å². The molecule has 14 heteroatoms. The number of benzene rings is 1. The second-order valence-corrected chi connectivity index (χ2v) is 14.0. The van der Waals surface area contributed by atoms with Crippen LogP contribution in [0.4, 0.5) is 10.1 Å². The first-order chi connectivity index (χ1) is 22.1. The van der Waals surface area contributed by atoms with Gasteiger partial charge in [-0.15, -0.1) is 0 Å². The van der Waals surface area contributed by atoms with Crippen molar-refractivity contribution < 1.29 is 27.2 Å². The fourth-order valence-corrected chi connectivity index (χ4v) is 9.36. The number of amides is 1. The van der Waals surface area contributed by atoms with Crippen molar-refractivity contribution in [2.75, 3.05) is 5.32 Å². The van der Waals surface area contributed by atoms with Crippen LogP contribution in [-0.4, -0.2) is 40.2 Å². The first-order valence-electron chi connectivity index (χ1n) is 14.8. The monoisotopic (exact) mass is 662 g/mol. The SMILES string of the molecule is N#Cc1cc(NC(=O)c2c(Cl)c(S(=O)(=O)NC3C4CCC3CC(O)(c3cc(-c5ccccc5)on3)C4)c3n2CCC=C3)cc(F)n1. The summed E-state index contributed by atoms with van der Waals surface area (Å²) in [6.07, 6.45) is 5.96. The third-order valence-electron chi connectivity index (χ3n) is 9.11. The highest BCUT2D eigenvalue weighted by molar-refractivity contribution is 7.89. The van der Waals surface area contributed by atoms with Crippen LogP contribution in [0.5, 0.6) is 0 Å². The molecule has 3 aromatic heterocycles. The van der Waals surface area contributed by atoms with Crippen molar-refractivity contribution in [3.63, 3.8) is 0 Å². The Kier molecular flexibility index (Phi) is 7.56. The predicted molar refractivity (Wildman–Crippen MR) is 165 cm³/mol. The van der Waals surface area contributed by atoms with Crippen LogP contribution in [0, 0.1) is 29.1 Å². The molecule has 3 aliphatic rings. The van der Waals surface area contributed by atoms with Crippen LogP contribution in [-0.2, 0) is 22.2 Å². The summed E-state index contributed by atoms with van der Waals surface area (Å²) in [5.74, 6) is -1.53. The molecule has 2 saturated carbocycles. The Morgan fingerprint density at radius 3 is 2.63 bits per heavy atom. The van der Waals surface area contributed by atoms with Gasteiger partial charge in [-0.2, -0.15) is 9.65 Å². The molecule has 3 N–H and O–H groups in total. The first-order valence-corrected chi connectivity index (χ1v) is 16.7. The second kappa shape index (κ2) is 11.5. The number of nitriles is 1. The molecule has 1 amide bonds. The molecule has 7 rings (SSSR count). The van der Waals surface area contributed by atoms with Gasteiger partial charge in [0.15, 0.2) is 5.76 Å². The number of anilines is 1. The molecule has 46 heavy (non-hydrogen) atoms. The first kappa shape index (κ1) is 30.3. The van der Waals surface area contributed by atoms with Gasteiger partial charge in [0.2, 0.25) is 16.0 Å². The Morgan fingerprint density at radius 2 is 1.91 bits per heavy atom. The minimum absolute atomic E-state index is 0.0242. The van der Waals surface area contributed by atoms with Crippen LogP contribution in [0.1, 0.15) is 59.7 Å². The number of hydrogen-bond donors (Lipinski definition) is 3. The molecule has 236 valence electrons. The van der Waals surface area contributed by atoms with Gasteiger partial charge in [0, 0.05) is 36.0 Å². The fourth-order valence-electron chi connectivity index (χ4n) is 7.13. The van der Waals surface area contributed by atoms with E-state index in [4.69, 9.17) is 21.4 Å². The lowest BCUT2D eigenvalue weighted by atomic mass is 9.73. The minimum atomic E-state index is -4.26. The zero-order chi connectivity index (χ0) is 32.2. The van der Waals surface area contributed by atoms with E-state index in [1.807, 2.05) is 30.3 Å². The number of fused-ring (bicyclic) bond motifs is 3. The van der Waals surface area contributed by atoms with Gasteiger partial charge in [0.25, 0.3) is 5.91 Å². The fraction of sp³-hybridized carbons (Fsp3) is 0.312. The van der Waals surface area contributed by atoms with Gasteiger partial charge < -0.3 is 19.5 Å². The zero-order valence-corrected chi connectivity index (χ0v) is 25.9. The molecule has 4 aromatic rings. The number of rotatable bonds is 7. The van der Waals surface area contributed by atoms with Gasteiger partial charge >= 0.3 is 0 Å². The number of aliphatic hydroxyl groups is 1. The summed E-state index contributed by atoms with van der Waals surface area (Å²) >= 11 is 6.71. The molecule has 0 radical (unpaired) electrons. The molecule has 2 atom stereocenters. The number of carbonyl (C=O) groups excluding carboxylic acids is 1. The third-order valence-corrected chi connectivity index (χ3v) is 11.1. The van der Waals surface area contributed by atoms with Crippen LogP contribution in [0.25, 0.3) is 17.4 Å². The molecule has 11 nitrogen and oxygen atoms in total. The molecule has 2 fully saturated rings. The van der Waals surface area contributed by atoms with E-state index in [2.05, 4.69) is 20.2 Å². The van der Waals surface area contributed by atoms with Crippen molar-refractivity contribution in [2.45, 2.75) is 55.2 Å². The molecular formula is C32H28ClFN6O5S. The normalized spacial score (nSPS) is 23.6. The van der Waals surface area contributed by atoms with Crippen LogP contribution >= 0.6 is 11.6 Å². The number of pyridine rings is 1. The maximum atomic E-state index is 14.1. The molecule has 0 spiro atoms. The third kappa shape index (κ3) is 5.31. The van der Waals surface area contributed by atoms with Crippen molar-refractivity contribution in [1.82, 2.24) is 19.4 Å². The number of halogens is 2. The maximum Gasteiger partial charge on any atom is 0.273 e. The number of nitrogens with one attached hydrogen (secondary N) is 2. The van der Waals surface area contributed by atoms with Gasteiger partial charge in [0.05, 0.1) is 10.7 Å². The Bertz CT molecular complexity index is 2020. The molecule has 1 aliphatic heterocycles. The van der Waals surface area contributed by atoms with E-state index in [1.54, 1.807) is 24.3 Å². The average molecular weight is 663 g/mol. The summed E-state index contributed by atoms with van der Waals surface area (Å²) in [6, 6.07) is 14.6. The Morgan fingerprint density at radius 1 is 1.17 bits per heavy atom. The van der Waals surface area contributed by atoms with Crippen molar-refractivity contribution in [1.29, 1.82) is 5.26 Å². The van der Waals surface area contributed by atoms with Crippen LogP contribution in [0.15, 0.2) is 64.0 Å². The number of allylic oxidation sites excluding steroid dienone is 1. The van der Waals surface area contributed by atoms with Gasteiger partial charge in [-0.3, -0.25) is 4.79 Å². The van der Waals surface area contributed by atoms with Crippen molar-refractivity contribution >= 4 is 39.3 Å². The van der Waals surface area contributed by atoms with Gasteiger partial charge in [0.1, 0.15) is 33.6 Å². The van der Waals surface area contributed by atoms with E-state index >= 15 is 0 Å². The molecule has 2 bridgehead atoms. The molecule has 1 aromatic carbocycles. The van der Waals surface area contributed by atoms with E-state index < -0.39 is 33.5 Å². The van der Waals surface area contributed by atoms with Crippen molar-refractivity contribution in [3.8, 4) is 17.4 Å². The minimum Gasteiger partial charge on any atom is -0.383 e. The van der Waals surface area contributed by atoms with E-state index in [9.17, 15) is 22.7 Å². The van der Waals surface area contributed by atoms with Gasteiger partial charge in [-0.05, 0) is 56.1 Å². The number of nitrogens with zero attached hydrogens (tertiary/aromatic N) is 4. The lowest BCUT2D eigenvalue weighted by Gasteiger charge is -2.40. The lowest BCUT2D eigenvalue weighted by molar-refractivity contribution is -0.0398. The summed E-state index contributed by atoms with van der Waals surface area (Å²) < 4.78 is 52.0. The molecular weight excluding hydrogens is 635 g/mol. The standard InChI is InChI=1S/C32H28ClFN6O5S/c33-27-29(31(41)37-21-12-22(17-35)36-26(34)13-21)40-11-5-4-8-23(40)30(27)46(43,44)39-28-19-9-10-20(28)16-32(42,15-19)25-14-24(45-38-25)18-6-2-1-3-7-18/h1-4,6-8,12-14,19-20,28,39,42H,5,9-11,15-16H2,(H,36,37,41). The van der Waals surface area contributed by atoms with Gasteiger partial charge in [-0.25, -0.2) is 18.1 Å². The predicted octanol–water partition coefficient (Wildman–Crippen LogP) is 5.23. The molecule has 2 unspecified atom stereocenters. The highest BCUT2D eigenvalue weighted by Crippen LogP contribution is 2.51. The number of sulfonamides is 1. The summed E-state index contributed by atoms with van der Waals surface area (Å²) in [7, 11) is -4.26. The van der Waals surface area contributed by atoms with E-state index in [0.717, 1.165) is 11.6 Å². The lowest BCUT2D eigenvalue weighted by Crippen LogP contribution is -2.49. The summed E-state index contributed by atoms with van der Waals surface area (Å²) in [5.41, 5.74) is -0.119. The Balaban J connectivity index is 1.15. The van der Waals surface area contributed by atoms with Crippen LogP contribution in [0.2, 0.25) is 5.02 Å². The topological polar surface area (TPSA) is 163 Å². The van der Waals surface area contributed by atoms with Crippen molar-refractivity contribution in [2.24, 2.45) is 11.8 Å². The Hall–Kier alpha value is -4.35. The summed E-state index contributed by atoms with van der Waals surface area (Å²) in [6.45, 7) is 0.294. The van der Waals surface area contributed by atoms with Crippen molar-refractivity contribution in [3.05, 3.63) is 88.4 Å². The number of carbonyl (C=O) groups is 1. The van der Waals surface area contributed by atoms with E-state index in [1.165, 1.54) is 10.6 Å². The van der Waals surface area contributed by atoms with E-state index in [0.29, 0.717) is 50.1 Å². The van der Waals surface area contributed by atoms with E-state index in [-0.39, 0.29) is 44.5 Å². The highest BCUT2D eigenvalue weighted by atomic mass is 35.5. The van der Waals surface area contributed by atoms with Crippen LogP contribution in [0.3, 0.4) is 0 Å². The van der Waals surface area contributed by atoms with Crippen LogP contribution < -0.4 is 10.0 Å². The number of hydrogen-bond acceptors (Lipinski definition) is 8. The maximum absolute atomic E-state index is 14.1.